The van der Waals surface area contributed by atoms with Gasteiger partial charge >= 0.3 is 6.03 Å². The largest absolute Gasteiger partial charge is 0.495 e. The molecule has 1 heterocycles. The van der Waals surface area contributed by atoms with Crippen molar-refractivity contribution in [1.29, 1.82) is 0 Å². The first kappa shape index (κ1) is 20.9. The third kappa shape index (κ3) is 4.66. The third-order valence-corrected chi connectivity index (χ3v) is 4.89. The highest BCUT2D eigenvalue weighted by atomic mass is 35.5. The topological polar surface area (TPSA) is 68.6 Å². The van der Waals surface area contributed by atoms with Crippen molar-refractivity contribution >= 4 is 23.3 Å². The van der Waals surface area contributed by atoms with E-state index in [-0.39, 0.29) is 6.03 Å². The molecule has 2 aromatic rings. The molecule has 0 spiro atoms. The van der Waals surface area contributed by atoms with Crippen molar-refractivity contribution in [3.8, 4) is 11.5 Å². The number of hydrogen-bond donors (Lipinski definition) is 1. The van der Waals surface area contributed by atoms with Gasteiger partial charge in [-0.3, -0.25) is 4.68 Å². The second-order valence-electron chi connectivity index (χ2n) is 6.25. The lowest BCUT2D eigenvalue weighted by Gasteiger charge is -2.20. The van der Waals surface area contributed by atoms with E-state index < -0.39 is 0 Å². The molecule has 0 saturated carbocycles. The fourth-order valence-corrected chi connectivity index (χ4v) is 3.19. The molecule has 0 saturated heterocycles. The van der Waals surface area contributed by atoms with Crippen LogP contribution in [0.25, 0.3) is 0 Å². The summed E-state index contributed by atoms with van der Waals surface area (Å²) in [5.74, 6) is 0.965. The summed E-state index contributed by atoms with van der Waals surface area (Å²) < 4.78 is 12.5. The minimum Gasteiger partial charge on any atom is -0.495 e. The van der Waals surface area contributed by atoms with Gasteiger partial charge in [-0.25, -0.2) is 4.79 Å². The third-order valence-electron chi connectivity index (χ3n) is 4.59. The number of nitrogens with zero attached hydrogens (tertiary/aromatic N) is 3. The number of rotatable bonds is 7. The Hall–Kier alpha value is -2.41. The maximum Gasteiger partial charge on any atom is 0.321 e. The van der Waals surface area contributed by atoms with Crippen molar-refractivity contribution < 1.29 is 14.3 Å². The van der Waals surface area contributed by atoms with E-state index in [1.165, 1.54) is 19.8 Å². The van der Waals surface area contributed by atoms with Crippen LogP contribution in [0.3, 0.4) is 0 Å². The quantitative estimate of drug-likeness (QED) is 0.773. The molecule has 0 fully saturated rings. The molecular weight excluding hydrogens is 368 g/mol. The van der Waals surface area contributed by atoms with E-state index >= 15 is 0 Å². The molecule has 0 aliphatic carbocycles. The number of ether oxygens (including phenoxy) is 2. The van der Waals surface area contributed by atoms with Crippen molar-refractivity contribution in [1.82, 2.24) is 14.7 Å². The van der Waals surface area contributed by atoms with Crippen LogP contribution in [-0.2, 0) is 13.0 Å². The van der Waals surface area contributed by atoms with Crippen molar-refractivity contribution in [2.75, 3.05) is 33.1 Å². The van der Waals surface area contributed by atoms with Crippen molar-refractivity contribution in [2.24, 2.45) is 0 Å². The summed E-state index contributed by atoms with van der Waals surface area (Å²) in [6.07, 6.45) is 0.738. The fraction of sp³-hybridized carbons (Fsp3) is 0.474. The van der Waals surface area contributed by atoms with Crippen LogP contribution in [-0.4, -0.2) is 48.5 Å². The number of likely N-dealkylation sites (N-methyl/N-ethyl adjacent to an activating group) is 1. The first-order valence-corrected chi connectivity index (χ1v) is 9.16. The highest BCUT2D eigenvalue weighted by Crippen LogP contribution is 2.36. The molecule has 0 aliphatic heterocycles. The van der Waals surface area contributed by atoms with E-state index in [9.17, 15) is 4.79 Å². The monoisotopic (exact) mass is 394 g/mol. The van der Waals surface area contributed by atoms with Crippen molar-refractivity contribution in [3.05, 3.63) is 34.1 Å². The van der Waals surface area contributed by atoms with Crippen LogP contribution in [0.4, 0.5) is 10.5 Å². The number of halogens is 1. The van der Waals surface area contributed by atoms with Gasteiger partial charge in [-0.1, -0.05) is 11.6 Å². The van der Waals surface area contributed by atoms with Gasteiger partial charge in [0.25, 0.3) is 0 Å². The highest BCUT2D eigenvalue weighted by molar-refractivity contribution is 6.32. The predicted molar refractivity (Wildman–Crippen MR) is 107 cm³/mol. The van der Waals surface area contributed by atoms with E-state index in [4.69, 9.17) is 21.1 Å². The van der Waals surface area contributed by atoms with Crippen LogP contribution in [0.15, 0.2) is 12.1 Å². The second-order valence-corrected chi connectivity index (χ2v) is 6.66. The number of urea groups is 1. The summed E-state index contributed by atoms with van der Waals surface area (Å²) >= 11 is 6.16. The summed E-state index contributed by atoms with van der Waals surface area (Å²) in [4.78, 5) is 14.2. The molecule has 1 N–H and O–H groups in total. The zero-order chi connectivity index (χ0) is 20.1. The number of aromatic nitrogens is 2. The van der Waals surface area contributed by atoms with E-state index in [0.717, 1.165) is 24.4 Å². The first-order chi connectivity index (χ1) is 12.8. The molecule has 0 radical (unpaired) electrons. The Labute approximate surface area is 165 Å². The Morgan fingerprint density at radius 2 is 1.93 bits per heavy atom. The van der Waals surface area contributed by atoms with Crippen LogP contribution >= 0.6 is 11.6 Å². The Morgan fingerprint density at radius 3 is 2.48 bits per heavy atom. The number of carbonyl (C=O) groups excluding carboxylic acids is 1. The number of aryl methyl sites for hydroxylation is 2. The zero-order valence-corrected chi connectivity index (χ0v) is 17.5. The molecule has 7 nitrogen and oxygen atoms in total. The molecule has 8 heteroatoms. The number of anilines is 1. The number of methoxy groups -OCH3 is 2. The van der Waals surface area contributed by atoms with Gasteiger partial charge < -0.3 is 19.7 Å². The molecule has 27 heavy (non-hydrogen) atoms. The number of nitrogens with one attached hydrogen (secondary N) is 1. The molecule has 0 bridgehead atoms. The minimum atomic E-state index is -0.243. The molecule has 0 atom stereocenters. The van der Waals surface area contributed by atoms with Gasteiger partial charge in [0.1, 0.15) is 11.5 Å². The molecule has 148 valence electrons. The van der Waals surface area contributed by atoms with Crippen molar-refractivity contribution in [3.63, 3.8) is 0 Å². The van der Waals surface area contributed by atoms with Crippen LogP contribution in [0.2, 0.25) is 5.02 Å². The molecule has 2 rings (SSSR count). The average molecular weight is 395 g/mol. The Kier molecular flexibility index (Phi) is 6.96. The van der Waals surface area contributed by atoms with Gasteiger partial charge in [0.2, 0.25) is 0 Å². The van der Waals surface area contributed by atoms with Gasteiger partial charge in [0, 0.05) is 31.9 Å². The van der Waals surface area contributed by atoms with Crippen LogP contribution < -0.4 is 14.8 Å². The lowest BCUT2D eigenvalue weighted by molar-refractivity contribution is 0.223. The predicted octanol–water partition coefficient (Wildman–Crippen LogP) is 3.90. The lowest BCUT2D eigenvalue weighted by atomic mass is 10.1. The SMILES string of the molecule is CCn1nc(C)c(CCN(C)C(=O)Nc2cc(Cl)c(OC)cc2OC)c1C. The Morgan fingerprint density at radius 1 is 1.26 bits per heavy atom. The second kappa shape index (κ2) is 8.99. The van der Waals surface area contributed by atoms with Gasteiger partial charge in [-0.15, -0.1) is 0 Å². The van der Waals surface area contributed by atoms with Crippen LogP contribution in [0.5, 0.6) is 11.5 Å². The summed E-state index contributed by atoms with van der Waals surface area (Å²) in [5, 5.41) is 7.76. The number of hydrogen-bond acceptors (Lipinski definition) is 4. The average Bonchev–Trinajstić information content (AvgIpc) is 2.93. The van der Waals surface area contributed by atoms with Crippen LogP contribution in [0.1, 0.15) is 23.9 Å². The first-order valence-electron chi connectivity index (χ1n) is 8.78. The molecule has 0 unspecified atom stereocenters. The molecule has 1 aromatic heterocycles. The standard InChI is InChI=1S/C19H27ClN4O3/c1-7-24-13(3)14(12(2)22-24)8-9-23(4)19(25)21-16-10-15(20)17(26-5)11-18(16)27-6/h10-11H,7-9H2,1-6H3,(H,21,25). The van der Waals surface area contributed by atoms with E-state index in [0.29, 0.717) is 28.8 Å². The van der Waals surface area contributed by atoms with Gasteiger partial charge in [0.05, 0.1) is 30.6 Å². The highest BCUT2D eigenvalue weighted by Gasteiger charge is 2.17. The van der Waals surface area contributed by atoms with Gasteiger partial charge in [-0.05, 0) is 38.8 Å². The maximum absolute atomic E-state index is 12.6. The summed E-state index contributed by atoms with van der Waals surface area (Å²) in [7, 11) is 4.80. The zero-order valence-electron chi connectivity index (χ0n) is 16.7. The smallest absolute Gasteiger partial charge is 0.321 e. The maximum atomic E-state index is 12.6. The fourth-order valence-electron chi connectivity index (χ4n) is 2.95. The van der Waals surface area contributed by atoms with Crippen LogP contribution in [0, 0.1) is 13.8 Å². The minimum absolute atomic E-state index is 0.243. The summed E-state index contributed by atoms with van der Waals surface area (Å²) in [6.45, 7) is 7.52. The van der Waals surface area contributed by atoms with E-state index in [1.807, 2.05) is 11.6 Å². The van der Waals surface area contributed by atoms with E-state index in [2.05, 4.69) is 24.3 Å². The summed E-state index contributed by atoms with van der Waals surface area (Å²) in [6, 6.07) is 3.02. The molecule has 2 amide bonds. The molecule has 1 aromatic carbocycles. The number of amides is 2. The van der Waals surface area contributed by atoms with Gasteiger partial charge in [0.15, 0.2) is 0 Å². The lowest BCUT2D eigenvalue weighted by Crippen LogP contribution is -2.33. The number of carbonyl (C=O) groups is 1. The van der Waals surface area contributed by atoms with E-state index in [1.54, 1.807) is 24.1 Å². The molecular formula is C19H27ClN4O3. The van der Waals surface area contributed by atoms with Crippen molar-refractivity contribution in [2.45, 2.75) is 33.7 Å². The normalized spacial score (nSPS) is 10.6. The molecule has 0 aliphatic rings. The Balaban J connectivity index is 2.06. The summed E-state index contributed by atoms with van der Waals surface area (Å²) in [5.41, 5.74) is 3.83. The van der Waals surface area contributed by atoms with Gasteiger partial charge in [-0.2, -0.15) is 5.10 Å². The Bertz CT molecular complexity index is 820. The number of benzene rings is 1.